The summed E-state index contributed by atoms with van der Waals surface area (Å²) in [5, 5.41) is 7.52. The molecular formula is C18H21FN4O2. The second-order valence-corrected chi connectivity index (χ2v) is 6.66. The summed E-state index contributed by atoms with van der Waals surface area (Å²) in [5.74, 6) is -0.517. The summed E-state index contributed by atoms with van der Waals surface area (Å²) in [4.78, 5) is 13.2. The van der Waals surface area contributed by atoms with Crippen LogP contribution in [0.15, 0.2) is 18.2 Å². The fraction of sp³-hybridized carbons (Fsp3) is 0.444. The number of benzene rings is 1. The first-order valence-corrected chi connectivity index (χ1v) is 8.55. The van der Waals surface area contributed by atoms with Gasteiger partial charge >= 0.3 is 0 Å². The van der Waals surface area contributed by atoms with Crippen molar-refractivity contribution in [1.29, 1.82) is 0 Å². The van der Waals surface area contributed by atoms with Crippen LogP contribution in [0.25, 0.3) is 0 Å². The van der Waals surface area contributed by atoms with Crippen LogP contribution in [-0.2, 0) is 17.6 Å². The quantitative estimate of drug-likeness (QED) is 0.874. The van der Waals surface area contributed by atoms with Crippen molar-refractivity contribution in [3.63, 3.8) is 0 Å². The Bertz CT molecular complexity index is 833. The number of hydrogen-bond donors (Lipinski definition) is 2. The molecule has 0 saturated heterocycles. The van der Waals surface area contributed by atoms with Crippen molar-refractivity contribution in [3.05, 3.63) is 40.8 Å². The van der Waals surface area contributed by atoms with Gasteiger partial charge in [0.1, 0.15) is 11.6 Å². The Labute approximate surface area is 145 Å². The smallest absolute Gasteiger partial charge is 0.254 e. The van der Waals surface area contributed by atoms with Crippen molar-refractivity contribution in [2.75, 3.05) is 24.7 Å². The third kappa shape index (κ3) is 2.68. The summed E-state index contributed by atoms with van der Waals surface area (Å²) in [6.45, 7) is 0.666. The van der Waals surface area contributed by atoms with Gasteiger partial charge in [-0.15, -0.1) is 5.10 Å². The Balaban J connectivity index is 1.71. The SMILES string of the molecule is CO[C@H]1CCc2c(c(N)nn2C(=O)C2CCNc3ccc(F)cc32)C1. The van der Waals surface area contributed by atoms with Crippen LogP contribution in [0.3, 0.4) is 0 Å². The van der Waals surface area contributed by atoms with Crippen LogP contribution in [0.2, 0.25) is 0 Å². The molecule has 2 atom stereocenters. The lowest BCUT2D eigenvalue weighted by molar-refractivity contribution is 0.0823. The van der Waals surface area contributed by atoms with Gasteiger partial charge in [-0.1, -0.05) is 0 Å². The fourth-order valence-electron chi connectivity index (χ4n) is 3.89. The van der Waals surface area contributed by atoms with Gasteiger partial charge in [0.25, 0.3) is 5.91 Å². The van der Waals surface area contributed by atoms with Crippen molar-refractivity contribution < 1.29 is 13.9 Å². The minimum Gasteiger partial charge on any atom is -0.385 e. The second kappa shape index (κ2) is 6.15. The van der Waals surface area contributed by atoms with Gasteiger partial charge < -0.3 is 15.8 Å². The number of ether oxygens (including phenoxy) is 1. The number of fused-ring (bicyclic) bond motifs is 2. The van der Waals surface area contributed by atoms with E-state index >= 15 is 0 Å². The molecule has 2 heterocycles. The van der Waals surface area contributed by atoms with Gasteiger partial charge in [-0.25, -0.2) is 9.07 Å². The Kier molecular flexibility index (Phi) is 3.95. The first-order valence-electron chi connectivity index (χ1n) is 8.55. The molecule has 7 heteroatoms. The minimum atomic E-state index is -0.421. The van der Waals surface area contributed by atoms with E-state index < -0.39 is 5.92 Å². The molecule has 2 aromatic rings. The van der Waals surface area contributed by atoms with Gasteiger partial charge in [0.15, 0.2) is 0 Å². The molecule has 0 fully saturated rings. The third-order valence-electron chi connectivity index (χ3n) is 5.23. The molecular weight excluding hydrogens is 323 g/mol. The molecule has 1 aliphatic carbocycles. The molecule has 0 amide bonds. The van der Waals surface area contributed by atoms with Crippen LogP contribution in [0.5, 0.6) is 0 Å². The highest BCUT2D eigenvalue weighted by Crippen LogP contribution is 2.35. The van der Waals surface area contributed by atoms with Crippen molar-refractivity contribution in [2.45, 2.75) is 37.7 Å². The van der Waals surface area contributed by atoms with Gasteiger partial charge in [0, 0.05) is 31.3 Å². The molecule has 132 valence electrons. The molecule has 0 spiro atoms. The predicted molar refractivity (Wildman–Crippen MR) is 92.3 cm³/mol. The second-order valence-electron chi connectivity index (χ2n) is 6.66. The number of nitrogen functional groups attached to an aromatic ring is 1. The monoisotopic (exact) mass is 344 g/mol. The maximum absolute atomic E-state index is 13.7. The Morgan fingerprint density at radius 3 is 3.08 bits per heavy atom. The summed E-state index contributed by atoms with van der Waals surface area (Å²) in [7, 11) is 1.68. The van der Waals surface area contributed by atoms with Gasteiger partial charge in [0.2, 0.25) is 0 Å². The Hall–Kier alpha value is -2.41. The molecule has 0 saturated carbocycles. The number of nitrogens with zero attached hydrogens (tertiary/aromatic N) is 2. The first kappa shape index (κ1) is 16.1. The summed E-state index contributed by atoms with van der Waals surface area (Å²) in [6.07, 6.45) is 2.91. The highest BCUT2D eigenvalue weighted by atomic mass is 19.1. The largest absolute Gasteiger partial charge is 0.385 e. The van der Waals surface area contributed by atoms with Crippen LogP contribution in [0, 0.1) is 5.82 Å². The number of nitrogens with one attached hydrogen (secondary N) is 1. The van der Waals surface area contributed by atoms with E-state index in [0.29, 0.717) is 37.2 Å². The number of hydrogen-bond acceptors (Lipinski definition) is 5. The van der Waals surface area contributed by atoms with Crippen molar-refractivity contribution in [2.24, 2.45) is 0 Å². The average molecular weight is 344 g/mol. The Morgan fingerprint density at radius 2 is 2.28 bits per heavy atom. The number of nitrogens with two attached hydrogens (primary N) is 1. The fourth-order valence-corrected chi connectivity index (χ4v) is 3.89. The number of carbonyl (C=O) groups is 1. The number of rotatable bonds is 2. The van der Waals surface area contributed by atoms with Crippen molar-refractivity contribution >= 4 is 17.4 Å². The normalized spacial score (nSPS) is 22.0. The molecule has 0 radical (unpaired) electrons. The molecule has 0 bridgehead atoms. The van der Waals surface area contributed by atoms with E-state index in [1.54, 1.807) is 13.2 Å². The average Bonchev–Trinajstić information content (AvgIpc) is 2.96. The lowest BCUT2D eigenvalue weighted by Crippen LogP contribution is -2.30. The van der Waals surface area contributed by atoms with E-state index in [0.717, 1.165) is 23.4 Å². The maximum atomic E-state index is 13.7. The number of aromatic nitrogens is 2. The van der Waals surface area contributed by atoms with Gasteiger partial charge in [-0.05, 0) is 43.0 Å². The predicted octanol–water partition coefficient (Wildman–Crippen LogP) is 2.35. The standard InChI is InChI=1S/C18H21FN4O2/c1-25-11-3-5-16-14(9-11)17(20)22-23(16)18(24)12-6-7-21-15-4-2-10(19)8-13(12)15/h2,4,8,11-12,21H,3,5-7,9H2,1H3,(H2,20,22)/t11-,12?/m0/s1. The van der Waals surface area contributed by atoms with Crippen LogP contribution >= 0.6 is 0 Å². The zero-order chi connectivity index (χ0) is 17.6. The highest BCUT2D eigenvalue weighted by Gasteiger charge is 2.33. The number of halogens is 1. The topological polar surface area (TPSA) is 82.2 Å². The van der Waals surface area contributed by atoms with Crippen molar-refractivity contribution in [1.82, 2.24) is 9.78 Å². The molecule has 1 aliphatic heterocycles. The van der Waals surface area contributed by atoms with E-state index in [-0.39, 0.29) is 17.8 Å². The zero-order valence-corrected chi connectivity index (χ0v) is 14.1. The van der Waals surface area contributed by atoms with E-state index in [1.165, 1.54) is 16.8 Å². The van der Waals surface area contributed by atoms with Crippen LogP contribution in [0.4, 0.5) is 15.9 Å². The zero-order valence-electron chi connectivity index (χ0n) is 14.1. The van der Waals surface area contributed by atoms with Crippen LogP contribution < -0.4 is 11.1 Å². The molecule has 2 aliphatic rings. The number of carbonyl (C=O) groups excluding carboxylic acids is 1. The summed E-state index contributed by atoms with van der Waals surface area (Å²) in [5.41, 5.74) is 9.31. The molecule has 1 unspecified atom stereocenters. The molecule has 4 rings (SSSR count). The maximum Gasteiger partial charge on any atom is 0.254 e. The van der Waals surface area contributed by atoms with E-state index in [4.69, 9.17) is 10.5 Å². The van der Waals surface area contributed by atoms with E-state index in [9.17, 15) is 9.18 Å². The summed E-state index contributed by atoms with van der Waals surface area (Å²) in [6, 6.07) is 4.52. The van der Waals surface area contributed by atoms with E-state index in [2.05, 4.69) is 10.4 Å². The molecule has 25 heavy (non-hydrogen) atoms. The first-order chi connectivity index (χ1) is 12.1. The summed E-state index contributed by atoms with van der Waals surface area (Å²) >= 11 is 0. The molecule has 1 aromatic heterocycles. The third-order valence-corrected chi connectivity index (χ3v) is 5.23. The lowest BCUT2D eigenvalue weighted by atomic mass is 9.89. The highest BCUT2D eigenvalue weighted by molar-refractivity contribution is 5.89. The lowest BCUT2D eigenvalue weighted by Gasteiger charge is -2.27. The molecule has 6 nitrogen and oxygen atoms in total. The molecule has 3 N–H and O–H groups in total. The number of methoxy groups -OCH3 is 1. The van der Waals surface area contributed by atoms with Gasteiger partial charge in [-0.2, -0.15) is 0 Å². The van der Waals surface area contributed by atoms with Gasteiger partial charge in [0.05, 0.1) is 17.7 Å². The number of anilines is 2. The summed E-state index contributed by atoms with van der Waals surface area (Å²) < 4.78 is 20.6. The van der Waals surface area contributed by atoms with E-state index in [1.807, 2.05) is 0 Å². The minimum absolute atomic E-state index is 0.108. The Morgan fingerprint density at radius 1 is 1.44 bits per heavy atom. The van der Waals surface area contributed by atoms with Crippen molar-refractivity contribution in [3.8, 4) is 0 Å². The van der Waals surface area contributed by atoms with Crippen LogP contribution in [-0.4, -0.2) is 35.4 Å². The van der Waals surface area contributed by atoms with Crippen LogP contribution in [0.1, 0.15) is 40.4 Å². The van der Waals surface area contributed by atoms with Gasteiger partial charge in [-0.3, -0.25) is 4.79 Å². The molecule has 1 aromatic carbocycles.